The van der Waals surface area contributed by atoms with Gasteiger partial charge in [-0.3, -0.25) is 0 Å². The first-order valence-corrected chi connectivity index (χ1v) is 16.1. The first-order chi connectivity index (χ1) is 18.6. The van der Waals surface area contributed by atoms with Crippen LogP contribution in [0, 0.1) is 46.3 Å². The maximum Gasteiger partial charge on any atom is 0.338 e. The van der Waals surface area contributed by atoms with Gasteiger partial charge < -0.3 is 14.2 Å². The topological polar surface area (TPSA) is 48.1 Å². The molecule has 4 aliphatic carbocycles. The maximum absolute atomic E-state index is 12.9. The summed E-state index contributed by atoms with van der Waals surface area (Å²) in [6, 6.07) is 7.25. The zero-order valence-corrected chi connectivity index (χ0v) is 25.3. The van der Waals surface area contributed by atoms with Gasteiger partial charge >= 0.3 is 5.97 Å². The molecule has 4 heteroatoms. The fraction of sp³-hybridized carbons (Fsp3) is 0.800. The Morgan fingerprint density at radius 2 is 1.77 bits per heavy atom. The van der Waals surface area contributed by atoms with Gasteiger partial charge in [0.1, 0.15) is 17.5 Å². The fourth-order valence-corrected chi connectivity index (χ4v) is 10.7. The quantitative estimate of drug-likeness (QED) is 0.247. The second-order valence-corrected chi connectivity index (χ2v) is 15.1. The molecule has 4 saturated carbocycles. The first-order valence-electron chi connectivity index (χ1n) is 16.1. The third-order valence-electron chi connectivity index (χ3n) is 12.8. The van der Waals surface area contributed by atoms with Gasteiger partial charge in [0, 0.05) is 11.8 Å². The van der Waals surface area contributed by atoms with E-state index in [-0.39, 0.29) is 23.1 Å². The molecule has 0 aromatic heterocycles. The highest BCUT2D eigenvalue weighted by molar-refractivity contribution is 5.89. The van der Waals surface area contributed by atoms with Crippen molar-refractivity contribution in [3.63, 3.8) is 0 Å². The van der Waals surface area contributed by atoms with E-state index in [0.717, 1.165) is 60.5 Å². The zero-order chi connectivity index (χ0) is 27.6. The molecule has 1 saturated heterocycles. The van der Waals surface area contributed by atoms with Crippen molar-refractivity contribution >= 4 is 5.97 Å². The molecule has 6 rings (SSSR count). The molecule has 1 aromatic rings. The number of methoxy groups -OCH3 is 1. The van der Waals surface area contributed by atoms with Gasteiger partial charge in [-0.05, 0) is 110 Å². The average molecular weight is 537 g/mol. The molecule has 1 spiro atoms. The van der Waals surface area contributed by atoms with Crippen molar-refractivity contribution in [3.05, 3.63) is 29.8 Å². The normalized spacial score (nSPS) is 43.1. The summed E-state index contributed by atoms with van der Waals surface area (Å²) in [6.07, 6.45) is 14.3. The number of ether oxygens (including phenoxy) is 3. The number of rotatable bonds is 8. The van der Waals surface area contributed by atoms with E-state index in [1.54, 1.807) is 19.2 Å². The van der Waals surface area contributed by atoms with Gasteiger partial charge in [-0.15, -0.1) is 0 Å². The van der Waals surface area contributed by atoms with Crippen molar-refractivity contribution in [2.45, 2.75) is 123 Å². The van der Waals surface area contributed by atoms with E-state index < -0.39 is 0 Å². The SMILES string of the molecule is COc1ccc(C(=O)O[C@H]2CC[C@]3(C)[C@H]4CC[C@]5(C)[C@@H]([C@H](C)CCCC(C)C)CC[C@H]5[C@@H]4C[C@@H]4O[C@@]43C2)cc1. The lowest BCUT2D eigenvalue weighted by Crippen LogP contribution is -2.59. The van der Waals surface area contributed by atoms with Crippen LogP contribution >= 0.6 is 0 Å². The lowest BCUT2D eigenvalue weighted by atomic mass is 9.44. The summed E-state index contributed by atoms with van der Waals surface area (Å²) in [5.74, 6) is 5.51. The number of hydrogen-bond acceptors (Lipinski definition) is 4. The molecular weight excluding hydrogens is 484 g/mol. The monoisotopic (exact) mass is 536 g/mol. The zero-order valence-electron chi connectivity index (χ0n) is 25.3. The second-order valence-electron chi connectivity index (χ2n) is 15.1. The van der Waals surface area contributed by atoms with Crippen LogP contribution in [0.5, 0.6) is 5.75 Å². The largest absolute Gasteiger partial charge is 0.497 e. The smallest absolute Gasteiger partial charge is 0.338 e. The van der Waals surface area contributed by atoms with Crippen LogP contribution in [-0.4, -0.2) is 30.9 Å². The summed E-state index contributed by atoms with van der Waals surface area (Å²) in [5.41, 5.74) is 1.24. The number of esters is 1. The van der Waals surface area contributed by atoms with Crippen molar-refractivity contribution in [1.82, 2.24) is 0 Å². The van der Waals surface area contributed by atoms with E-state index in [1.165, 1.54) is 51.4 Å². The van der Waals surface area contributed by atoms with Gasteiger partial charge in [-0.2, -0.15) is 0 Å². The van der Waals surface area contributed by atoms with Crippen molar-refractivity contribution < 1.29 is 19.0 Å². The Bertz CT molecular complexity index is 1050. The third kappa shape index (κ3) is 4.46. The lowest BCUT2D eigenvalue weighted by molar-refractivity contribution is -0.118. The molecule has 0 unspecified atom stereocenters. The highest BCUT2D eigenvalue weighted by Gasteiger charge is 2.76. The number of fused-ring (bicyclic) bond motifs is 4. The minimum Gasteiger partial charge on any atom is -0.497 e. The molecule has 4 nitrogen and oxygen atoms in total. The van der Waals surface area contributed by atoms with E-state index in [1.807, 2.05) is 12.1 Å². The summed E-state index contributed by atoms with van der Waals surface area (Å²) in [7, 11) is 1.64. The molecule has 0 radical (unpaired) electrons. The van der Waals surface area contributed by atoms with Crippen molar-refractivity contribution in [3.8, 4) is 5.75 Å². The standard InChI is InChI=1S/C35H52O4/c1-22(2)8-7-9-23(3)28-14-15-29-27-20-31-35(39-31)21-26(38-32(36)24-10-12-25(37-6)13-11-24)16-19-34(35,5)30(27)17-18-33(28,29)4/h10-13,22-23,26-31H,7-9,14-21H2,1-6H3/t23-,26+,27+,28-,29+,30+,31+,33-,34-,35+/m1/s1. The summed E-state index contributed by atoms with van der Waals surface area (Å²) < 4.78 is 18.1. The minimum absolute atomic E-state index is 0.0503. The number of carbonyl (C=O) groups excluding carboxylic acids is 1. The van der Waals surface area contributed by atoms with Crippen LogP contribution in [0.15, 0.2) is 24.3 Å². The highest BCUT2D eigenvalue weighted by atomic mass is 16.6. The molecule has 1 aromatic carbocycles. The van der Waals surface area contributed by atoms with Crippen LogP contribution in [0.1, 0.15) is 116 Å². The summed E-state index contributed by atoms with van der Waals surface area (Å²) >= 11 is 0. The molecule has 5 fully saturated rings. The average Bonchev–Trinajstić information content (AvgIpc) is 3.49. The van der Waals surface area contributed by atoms with E-state index in [0.29, 0.717) is 17.1 Å². The van der Waals surface area contributed by atoms with E-state index in [9.17, 15) is 4.79 Å². The summed E-state index contributed by atoms with van der Waals surface area (Å²) in [4.78, 5) is 12.9. The van der Waals surface area contributed by atoms with Gasteiger partial charge in [0.05, 0.1) is 18.8 Å². The van der Waals surface area contributed by atoms with Crippen molar-refractivity contribution in [2.75, 3.05) is 7.11 Å². The van der Waals surface area contributed by atoms with Gasteiger partial charge in [0.2, 0.25) is 0 Å². The maximum atomic E-state index is 12.9. The predicted molar refractivity (Wildman–Crippen MR) is 155 cm³/mol. The number of epoxide rings is 1. The van der Waals surface area contributed by atoms with E-state index in [4.69, 9.17) is 14.2 Å². The Morgan fingerprint density at radius 1 is 1.00 bits per heavy atom. The second kappa shape index (κ2) is 10.1. The molecule has 0 bridgehead atoms. The highest BCUT2D eigenvalue weighted by Crippen LogP contribution is 2.74. The van der Waals surface area contributed by atoms with Crippen molar-refractivity contribution in [2.24, 2.45) is 46.3 Å². The molecule has 10 atom stereocenters. The Morgan fingerprint density at radius 3 is 2.49 bits per heavy atom. The van der Waals surface area contributed by atoms with Gasteiger partial charge in [0.25, 0.3) is 0 Å². The molecule has 216 valence electrons. The van der Waals surface area contributed by atoms with Gasteiger partial charge in [0.15, 0.2) is 0 Å². The van der Waals surface area contributed by atoms with Crippen LogP contribution in [0.3, 0.4) is 0 Å². The molecule has 0 N–H and O–H groups in total. The van der Waals surface area contributed by atoms with Gasteiger partial charge in [-0.25, -0.2) is 4.79 Å². The van der Waals surface area contributed by atoms with Crippen LogP contribution in [0.2, 0.25) is 0 Å². The van der Waals surface area contributed by atoms with Crippen molar-refractivity contribution in [1.29, 1.82) is 0 Å². The van der Waals surface area contributed by atoms with Crippen LogP contribution < -0.4 is 4.74 Å². The first kappa shape index (κ1) is 27.6. The lowest BCUT2D eigenvalue weighted by Gasteiger charge is -2.59. The van der Waals surface area contributed by atoms with E-state index >= 15 is 0 Å². The summed E-state index contributed by atoms with van der Waals surface area (Å²) in [5, 5.41) is 0. The molecule has 5 aliphatic rings. The summed E-state index contributed by atoms with van der Waals surface area (Å²) in [6.45, 7) is 12.5. The Balaban J connectivity index is 1.12. The molecular formula is C35H52O4. The Kier molecular flexibility index (Phi) is 7.13. The number of hydrogen-bond donors (Lipinski definition) is 0. The van der Waals surface area contributed by atoms with Crippen LogP contribution in [0.4, 0.5) is 0 Å². The Hall–Kier alpha value is -1.55. The molecule has 1 aliphatic heterocycles. The van der Waals surface area contributed by atoms with E-state index in [2.05, 4.69) is 34.6 Å². The number of carbonyl (C=O) groups is 1. The van der Waals surface area contributed by atoms with Gasteiger partial charge in [-0.1, -0.05) is 53.9 Å². The van der Waals surface area contributed by atoms with Crippen LogP contribution in [-0.2, 0) is 9.47 Å². The molecule has 39 heavy (non-hydrogen) atoms. The number of benzene rings is 1. The Labute approximate surface area is 236 Å². The molecule has 0 amide bonds. The van der Waals surface area contributed by atoms with Crippen LogP contribution in [0.25, 0.3) is 0 Å². The minimum atomic E-state index is -0.221. The third-order valence-corrected chi connectivity index (χ3v) is 12.8. The fourth-order valence-electron chi connectivity index (χ4n) is 10.7. The predicted octanol–water partition coefficient (Wildman–Crippen LogP) is 8.47. The molecule has 1 heterocycles.